The first-order valence-corrected chi connectivity index (χ1v) is 11.3. The van der Waals surface area contributed by atoms with Crippen molar-refractivity contribution >= 4 is 40.2 Å². The maximum Gasteiger partial charge on any atom is 0.411 e. The number of rotatable bonds is 7. The molecule has 1 aliphatic heterocycles. The quantitative estimate of drug-likeness (QED) is 0.437. The number of fused-ring (bicyclic) bond motifs is 1. The summed E-state index contributed by atoms with van der Waals surface area (Å²) in [6.07, 6.45) is 3.72. The van der Waals surface area contributed by atoms with Crippen LogP contribution in [0.4, 0.5) is 22.1 Å². The fourth-order valence-electron chi connectivity index (χ4n) is 4.41. The van der Waals surface area contributed by atoms with E-state index in [9.17, 15) is 14.7 Å². The molecule has 0 saturated carbocycles. The Morgan fingerprint density at radius 2 is 2.00 bits per heavy atom. The molecular weight excluding hydrogens is 420 g/mol. The van der Waals surface area contributed by atoms with Crippen LogP contribution in [0.2, 0.25) is 0 Å². The Hall–Kier alpha value is -3.75. The molecule has 1 aliphatic rings. The van der Waals surface area contributed by atoms with Crippen LogP contribution in [0.15, 0.2) is 42.6 Å². The van der Waals surface area contributed by atoms with Crippen LogP contribution in [0.3, 0.4) is 0 Å². The average molecular weight is 451 g/mol. The summed E-state index contributed by atoms with van der Waals surface area (Å²) in [4.78, 5) is 34.8. The fraction of sp³-hybridized carbons (Fsp3) is 0.375. The van der Waals surface area contributed by atoms with Crippen molar-refractivity contribution in [1.29, 1.82) is 0 Å². The molecule has 33 heavy (non-hydrogen) atoms. The van der Waals surface area contributed by atoms with Crippen molar-refractivity contribution in [3.63, 3.8) is 0 Å². The van der Waals surface area contributed by atoms with Gasteiger partial charge in [-0.2, -0.15) is 0 Å². The van der Waals surface area contributed by atoms with Crippen LogP contribution in [0.5, 0.6) is 0 Å². The molecule has 174 valence electrons. The molecular formula is C24H30N6O3. The van der Waals surface area contributed by atoms with Gasteiger partial charge in [0.2, 0.25) is 5.91 Å². The third-order valence-corrected chi connectivity index (χ3v) is 6.21. The van der Waals surface area contributed by atoms with E-state index < -0.39 is 6.09 Å². The highest BCUT2D eigenvalue weighted by Crippen LogP contribution is 2.27. The van der Waals surface area contributed by atoms with Crippen LogP contribution in [-0.2, 0) is 11.2 Å². The normalized spacial score (nSPS) is 14.4. The summed E-state index contributed by atoms with van der Waals surface area (Å²) >= 11 is 0. The average Bonchev–Trinajstić information content (AvgIpc) is 3.23. The van der Waals surface area contributed by atoms with Crippen LogP contribution >= 0.6 is 0 Å². The number of aromatic nitrogens is 2. The van der Waals surface area contributed by atoms with Crippen molar-refractivity contribution in [3.05, 3.63) is 48.2 Å². The van der Waals surface area contributed by atoms with E-state index in [0.717, 1.165) is 42.8 Å². The van der Waals surface area contributed by atoms with Gasteiger partial charge in [-0.15, -0.1) is 0 Å². The van der Waals surface area contributed by atoms with Gasteiger partial charge in [-0.3, -0.25) is 9.69 Å². The van der Waals surface area contributed by atoms with Gasteiger partial charge in [-0.25, -0.2) is 9.78 Å². The number of nitrogen functional groups attached to an aromatic ring is 1. The highest BCUT2D eigenvalue weighted by atomic mass is 16.4. The number of carbonyl (C=O) groups is 2. The molecule has 1 saturated heterocycles. The molecule has 5 N–H and O–H groups in total. The van der Waals surface area contributed by atoms with E-state index in [-0.39, 0.29) is 17.8 Å². The molecule has 3 heterocycles. The Bertz CT molecular complexity index is 1140. The second kappa shape index (κ2) is 9.81. The van der Waals surface area contributed by atoms with Gasteiger partial charge >= 0.3 is 6.09 Å². The van der Waals surface area contributed by atoms with Crippen LogP contribution in [-0.4, -0.2) is 52.8 Å². The highest BCUT2D eigenvalue weighted by molar-refractivity contribution is 5.89. The number of piperidine rings is 1. The molecule has 0 radical (unpaired) electrons. The summed E-state index contributed by atoms with van der Waals surface area (Å²) < 4.78 is 0. The van der Waals surface area contributed by atoms with Gasteiger partial charge in [-0.05, 0) is 49.9 Å². The Balaban J connectivity index is 1.27. The largest absolute Gasteiger partial charge is 0.465 e. The van der Waals surface area contributed by atoms with E-state index in [0.29, 0.717) is 25.1 Å². The summed E-state index contributed by atoms with van der Waals surface area (Å²) in [6.45, 7) is 3.54. The number of para-hydroxylation sites is 1. The summed E-state index contributed by atoms with van der Waals surface area (Å²) in [5.41, 5.74) is 8.69. The fourth-order valence-corrected chi connectivity index (χ4v) is 4.41. The molecule has 0 spiro atoms. The predicted molar refractivity (Wildman–Crippen MR) is 130 cm³/mol. The highest BCUT2D eigenvalue weighted by Gasteiger charge is 2.23. The van der Waals surface area contributed by atoms with Crippen molar-refractivity contribution < 1.29 is 14.7 Å². The number of pyridine rings is 1. The molecule has 0 aliphatic carbocycles. The van der Waals surface area contributed by atoms with E-state index >= 15 is 0 Å². The Labute approximate surface area is 192 Å². The van der Waals surface area contributed by atoms with Gasteiger partial charge in [0.1, 0.15) is 11.6 Å². The number of carbonyl (C=O) groups excluding carboxylic acids is 1. The van der Waals surface area contributed by atoms with Crippen molar-refractivity contribution in [2.24, 2.45) is 0 Å². The van der Waals surface area contributed by atoms with Crippen LogP contribution in [0.25, 0.3) is 10.9 Å². The Morgan fingerprint density at radius 3 is 2.70 bits per heavy atom. The molecule has 1 aromatic carbocycles. The van der Waals surface area contributed by atoms with Gasteiger partial charge in [0.25, 0.3) is 0 Å². The first kappa shape index (κ1) is 22.4. The first-order valence-electron chi connectivity index (χ1n) is 11.3. The molecule has 0 atom stereocenters. The van der Waals surface area contributed by atoms with Crippen LogP contribution in [0.1, 0.15) is 31.7 Å². The molecule has 2 aromatic heterocycles. The number of nitrogens with one attached hydrogen (secondary N) is 2. The number of aryl methyl sites for hydroxylation is 1. The number of hydrogen-bond donors (Lipinski definition) is 4. The number of H-pyrrole nitrogens is 1. The minimum absolute atomic E-state index is 0.0683. The molecule has 4 rings (SSSR count). The summed E-state index contributed by atoms with van der Waals surface area (Å²) in [7, 11) is 0. The molecule has 9 heteroatoms. The smallest absolute Gasteiger partial charge is 0.411 e. The second-order valence-electron chi connectivity index (χ2n) is 8.29. The van der Waals surface area contributed by atoms with Crippen molar-refractivity contribution in [3.8, 4) is 0 Å². The van der Waals surface area contributed by atoms with Gasteiger partial charge in [-0.1, -0.05) is 18.2 Å². The van der Waals surface area contributed by atoms with Crippen LogP contribution in [0, 0.1) is 0 Å². The molecule has 9 nitrogen and oxygen atoms in total. The number of aromatic amines is 1. The Morgan fingerprint density at radius 1 is 1.24 bits per heavy atom. The van der Waals surface area contributed by atoms with Gasteiger partial charge in [0.15, 0.2) is 0 Å². The van der Waals surface area contributed by atoms with Gasteiger partial charge in [0, 0.05) is 49.2 Å². The van der Waals surface area contributed by atoms with Crippen LogP contribution < -0.4 is 20.9 Å². The molecule has 0 bridgehead atoms. The number of benzene rings is 1. The number of hydrogen-bond acceptors (Lipinski definition) is 5. The number of nitrogens with zero attached hydrogens (tertiary/aromatic N) is 3. The van der Waals surface area contributed by atoms with E-state index in [4.69, 9.17) is 5.73 Å². The summed E-state index contributed by atoms with van der Waals surface area (Å²) in [5, 5.41) is 13.6. The lowest BCUT2D eigenvalue weighted by atomic mass is 10.0. The summed E-state index contributed by atoms with van der Waals surface area (Å²) in [6, 6.07) is 11.8. The van der Waals surface area contributed by atoms with E-state index in [1.807, 2.05) is 24.4 Å². The zero-order chi connectivity index (χ0) is 23.4. The maximum atomic E-state index is 12.5. The number of carboxylic acid groups (broad SMARTS) is 1. The lowest BCUT2D eigenvalue weighted by molar-refractivity contribution is -0.121. The minimum atomic E-state index is -1.06. The standard InChI is InChI=1S/C24H30N6O3/c1-2-30(24(32)33)20-8-9-21(28-23(20)25)29-13-11-17(12-14-29)27-22(31)10-7-16-15-26-19-6-4-3-5-18(16)19/h3-6,8-9,15,17,26H,2,7,10-14H2,1H3,(H2,25,28)(H,27,31)(H,32,33). The maximum absolute atomic E-state index is 12.5. The monoisotopic (exact) mass is 450 g/mol. The van der Waals surface area contributed by atoms with E-state index in [1.165, 1.54) is 10.3 Å². The van der Waals surface area contributed by atoms with E-state index in [2.05, 4.69) is 26.3 Å². The van der Waals surface area contributed by atoms with Gasteiger partial charge in [0.05, 0.1) is 5.69 Å². The lowest BCUT2D eigenvalue weighted by Gasteiger charge is -2.33. The Kier molecular flexibility index (Phi) is 6.67. The molecule has 3 aromatic rings. The predicted octanol–water partition coefficient (Wildman–Crippen LogP) is 3.37. The van der Waals surface area contributed by atoms with Gasteiger partial charge < -0.3 is 26.0 Å². The number of anilines is 3. The van der Waals surface area contributed by atoms with E-state index in [1.54, 1.807) is 19.1 Å². The third-order valence-electron chi connectivity index (χ3n) is 6.21. The zero-order valence-corrected chi connectivity index (χ0v) is 18.8. The van der Waals surface area contributed by atoms with Crippen molar-refractivity contribution in [1.82, 2.24) is 15.3 Å². The number of nitrogens with two attached hydrogens (primary N) is 1. The lowest BCUT2D eigenvalue weighted by Crippen LogP contribution is -2.45. The van der Waals surface area contributed by atoms with Crippen molar-refractivity contribution in [2.45, 2.75) is 38.6 Å². The number of amides is 2. The SMILES string of the molecule is CCN(C(=O)O)c1ccc(N2CCC(NC(=O)CCc3c[nH]c4ccccc34)CC2)nc1N. The molecule has 2 amide bonds. The third kappa shape index (κ3) is 5.02. The minimum Gasteiger partial charge on any atom is -0.465 e. The second-order valence-corrected chi connectivity index (χ2v) is 8.29. The zero-order valence-electron chi connectivity index (χ0n) is 18.8. The summed E-state index contributed by atoms with van der Waals surface area (Å²) in [5.74, 6) is 0.991. The van der Waals surface area contributed by atoms with Crippen molar-refractivity contribution in [2.75, 3.05) is 35.2 Å². The molecule has 1 fully saturated rings. The first-order chi connectivity index (χ1) is 16.0. The topological polar surface area (TPSA) is 128 Å². The molecule has 0 unspecified atom stereocenters.